The van der Waals surface area contributed by atoms with Gasteiger partial charge in [-0.1, -0.05) is 13.8 Å². The maximum atomic E-state index is 12.0. The van der Waals surface area contributed by atoms with Gasteiger partial charge in [-0.2, -0.15) is 0 Å². The van der Waals surface area contributed by atoms with Crippen LogP contribution in [0.1, 0.15) is 43.5 Å². The van der Waals surface area contributed by atoms with Gasteiger partial charge >= 0.3 is 0 Å². The third-order valence-corrected chi connectivity index (χ3v) is 4.18. The van der Waals surface area contributed by atoms with Crippen molar-refractivity contribution >= 4 is 21.8 Å². The number of aromatic hydroxyl groups is 1. The van der Waals surface area contributed by atoms with Gasteiger partial charge in [-0.25, -0.2) is 0 Å². The van der Waals surface area contributed by atoms with E-state index in [4.69, 9.17) is 0 Å². The van der Waals surface area contributed by atoms with E-state index in [-0.39, 0.29) is 17.7 Å². The van der Waals surface area contributed by atoms with E-state index in [1.54, 1.807) is 12.1 Å². The summed E-state index contributed by atoms with van der Waals surface area (Å²) in [6.45, 7) is 4.45. The summed E-state index contributed by atoms with van der Waals surface area (Å²) < 4.78 is 0.598. The number of rotatable bonds is 2. The minimum atomic E-state index is -0.111. The van der Waals surface area contributed by atoms with Crippen molar-refractivity contribution < 1.29 is 9.90 Å². The van der Waals surface area contributed by atoms with Crippen molar-refractivity contribution in [1.29, 1.82) is 0 Å². The Morgan fingerprint density at radius 2 is 2.22 bits per heavy atom. The van der Waals surface area contributed by atoms with Crippen LogP contribution in [-0.2, 0) is 0 Å². The number of halogens is 1. The lowest BCUT2D eigenvalue weighted by Crippen LogP contribution is -2.33. The number of benzene rings is 1. The van der Waals surface area contributed by atoms with Crippen LogP contribution in [0.4, 0.5) is 0 Å². The molecule has 0 aliphatic heterocycles. The third kappa shape index (κ3) is 3.05. The number of nitrogens with one attached hydrogen (secondary N) is 1. The SMILES string of the molecule is CC1(C)CCC(NC(=O)c2ccc(Br)c(O)c2)C1. The van der Waals surface area contributed by atoms with E-state index in [1.807, 2.05) is 0 Å². The Bertz CT molecular complexity index is 471. The van der Waals surface area contributed by atoms with Gasteiger partial charge in [0.05, 0.1) is 4.47 Å². The molecule has 2 N–H and O–H groups in total. The fraction of sp³-hybridized carbons (Fsp3) is 0.500. The average molecular weight is 312 g/mol. The van der Waals surface area contributed by atoms with Crippen LogP contribution >= 0.6 is 15.9 Å². The Morgan fingerprint density at radius 1 is 1.50 bits per heavy atom. The van der Waals surface area contributed by atoms with Crippen LogP contribution in [-0.4, -0.2) is 17.1 Å². The number of hydrogen-bond donors (Lipinski definition) is 2. The summed E-state index contributed by atoms with van der Waals surface area (Å²) in [4.78, 5) is 12.0. The predicted octanol–water partition coefficient (Wildman–Crippen LogP) is 3.46. The van der Waals surface area contributed by atoms with Gasteiger partial charge in [0.1, 0.15) is 5.75 Å². The summed E-state index contributed by atoms with van der Waals surface area (Å²) >= 11 is 3.20. The molecule has 1 aromatic carbocycles. The molecule has 0 radical (unpaired) electrons. The van der Waals surface area contributed by atoms with Crippen LogP contribution in [0.15, 0.2) is 22.7 Å². The molecule has 0 saturated heterocycles. The molecule has 0 bridgehead atoms. The second-order valence-electron chi connectivity index (χ2n) is 5.74. The molecule has 0 spiro atoms. The Balaban J connectivity index is 2.02. The highest BCUT2D eigenvalue weighted by Crippen LogP contribution is 2.37. The highest BCUT2D eigenvalue weighted by Gasteiger charge is 2.31. The Hall–Kier alpha value is -1.03. The van der Waals surface area contributed by atoms with Gasteiger partial charge in [0.25, 0.3) is 5.91 Å². The van der Waals surface area contributed by atoms with E-state index in [0.717, 1.165) is 19.3 Å². The number of phenolic OH excluding ortho intramolecular Hbond substituents is 1. The van der Waals surface area contributed by atoms with Gasteiger partial charge in [0, 0.05) is 11.6 Å². The standard InChI is InChI=1S/C14H18BrNO2/c1-14(2)6-5-10(8-14)16-13(18)9-3-4-11(15)12(17)7-9/h3-4,7,10,17H,5-6,8H2,1-2H3,(H,16,18). The summed E-state index contributed by atoms with van der Waals surface area (Å²) in [5.74, 6) is -0.0186. The van der Waals surface area contributed by atoms with Crippen LogP contribution in [0.2, 0.25) is 0 Å². The fourth-order valence-electron chi connectivity index (χ4n) is 2.48. The maximum Gasteiger partial charge on any atom is 0.251 e. The third-order valence-electron chi connectivity index (χ3n) is 3.51. The predicted molar refractivity (Wildman–Crippen MR) is 74.7 cm³/mol. The number of carbonyl (C=O) groups is 1. The Morgan fingerprint density at radius 3 is 2.78 bits per heavy atom. The van der Waals surface area contributed by atoms with Gasteiger partial charge in [-0.05, 0) is 58.8 Å². The van der Waals surface area contributed by atoms with Gasteiger partial charge < -0.3 is 10.4 Å². The first-order valence-electron chi connectivity index (χ1n) is 6.17. The molecule has 1 aliphatic rings. The lowest BCUT2D eigenvalue weighted by Gasteiger charge is -2.18. The molecule has 1 unspecified atom stereocenters. The zero-order valence-electron chi connectivity index (χ0n) is 10.7. The van der Waals surface area contributed by atoms with Crippen molar-refractivity contribution in [3.63, 3.8) is 0 Å². The zero-order chi connectivity index (χ0) is 13.3. The van der Waals surface area contributed by atoms with Crippen LogP contribution < -0.4 is 5.32 Å². The molecule has 4 heteroatoms. The van der Waals surface area contributed by atoms with Gasteiger partial charge in [-0.15, -0.1) is 0 Å². The molecule has 3 nitrogen and oxygen atoms in total. The highest BCUT2D eigenvalue weighted by atomic mass is 79.9. The molecule has 0 heterocycles. The molecule has 0 aromatic heterocycles. The molecule has 1 saturated carbocycles. The minimum absolute atomic E-state index is 0.0920. The van der Waals surface area contributed by atoms with Crippen LogP contribution in [0, 0.1) is 5.41 Å². The molecule has 1 aliphatic carbocycles. The number of amides is 1. The first kappa shape index (κ1) is 13.4. The fourth-order valence-corrected chi connectivity index (χ4v) is 2.73. The van der Waals surface area contributed by atoms with Crippen molar-refractivity contribution in [2.24, 2.45) is 5.41 Å². The lowest BCUT2D eigenvalue weighted by molar-refractivity contribution is 0.0935. The summed E-state index contributed by atoms with van der Waals surface area (Å²) in [7, 11) is 0. The molecule has 98 valence electrons. The van der Waals surface area contributed by atoms with Crippen LogP contribution in [0.25, 0.3) is 0 Å². The van der Waals surface area contributed by atoms with Crippen molar-refractivity contribution in [2.75, 3.05) is 0 Å². The maximum absolute atomic E-state index is 12.0. The Labute approximate surface area is 116 Å². The summed E-state index contributed by atoms with van der Waals surface area (Å²) in [5, 5.41) is 12.6. The quantitative estimate of drug-likeness (QED) is 0.878. The van der Waals surface area contributed by atoms with E-state index < -0.39 is 0 Å². The first-order chi connectivity index (χ1) is 8.37. The lowest BCUT2D eigenvalue weighted by atomic mass is 9.92. The molecule has 1 amide bonds. The van der Waals surface area contributed by atoms with Crippen molar-refractivity contribution in [3.8, 4) is 5.75 Å². The number of phenols is 1. The molecule has 18 heavy (non-hydrogen) atoms. The topological polar surface area (TPSA) is 49.3 Å². The molecular weight excluding hydrogens is 294 g/mol. The van der Waals surface area contributed by atoms with Crippen LogP contribution in [0.5, 0.6) is 5.75 Å². The van der Waals surface area contributed by atoms with Crippen molar-refractivity contribution in [3.05, 3.63) is 28.2 Å². The van der Waals surface area contributed by atoms with E-state index in [2.05, 4.69) is 35.1 Å². The summed E-state index contributed by atoms with van der Waals surface area (Å²) in [6, 6.07) is 5.12. The normalized spacial score (nSPS) is 21.8. The number of hydrogen-bond acceptors (Lipinski definition) is 2. The zero-order valence-corrected chi connectivity index (χ0v) is 12.3. The molecular formula is C14H18BrNO2. The van der Waals surface area contributed by atoms with Crippen molar-refractivity contribution in [2.45, 2.75) is 39.2 Å². The molecule has 2 rings (SSSR count). The molecule has 1 aromatic rings. The average Bonchev–Trinajstić information content (AvgIpc) is 2.62. The van der Waals surface area contributed by atoms with Gasteiger partial charge in [0.2, 0.25) is 0 Å². The monoisotopic (exact) mass is 311 g/mol. The summed E-state index contributed by atoms with van der Waals surface area (Å²) in [5.41, 5.74) is 0.820. The van der Waals surface area contributed by atoms with E-state index in [9.17, 15) is 9.90 Å². The van der Waals surface area contributed by atoms with Gasteiger partial charge in [0.15, 0.2) is 0 Å². The second-order valence-corrected chi connectivity index (χ2v) is 6.60. The molecule has 1 fully saturated rings. The highest BCUT2D eigenvalue weighted by molar-refractivity contribution is 9.10. The minimum Gasteiger partial charge on any atom is -0.507 e. The van der Waals surface area contributed by atoms with E-state index in [1.165, 1.54) is 6.07 Å². The van der Waals surface area contributed by atoms with E-state index in [0.29, 0.717) is 15.5 Å². The Kier molecular flexibility index (Phi) is 3.66. The smallest absolute Gasteiger partial charge is 0.251 e. The van der Waals surface area contributed by atoms with Gasteiger partial charge in [-0.3, -0.25) is 4.79 Å². The van der Waals surface area contributed by atoms with Crippen LogP contribution in [0.3, 0.4) is 0 Å². The first-order valence-corrected chi connectivity index (χ1v) is 6.96. The van der Waals surface area contributed by atoms with Crippen molar-refractivity contribution in [1.82, 2.24) is 5.32 Å². The largest absolute Gasteiger partial charge is 0.507 e. The van der Waals surface area contributed by atoms with E-state index >= 15 is 0 Å². The second kappa shape index (κ2) is 4.92. The summed E-state index contributed by atoms with van der Waals surface area (Å²) in [6.07, 6.45) is 3.19. The molecule has 1 atom stereocenters. The number of carbonyl (C=O) groups excluding carboxylic acids is 1.